The number of hydrogen-bond donors (Lipinski definition) is 0. The van der Waals surface area contributed by atoms with Gasteiger partial charge in [-0.25, -0.2) is 0 Å². The smallest absolute Gasteiger partial charge is 0.341 e. The molecule has 4 nitrogen and oxygen atoms in total. The molecule has 30 heavy (non-hydrogen) atoms. The van der Waals surface area contributed by atoms with E-state index in [0.29, 0.717) is 32.5 Å². The summed E-state index contributed by atoms with van der Waals surface area (Å²) in [7, 11) is 1.77. The van der Waals surface area contributed by atoms with Gasteiger partial charge in [0.1, 0.15) is 0 Å². The Labute approximate surface area is 181 Å². The maximum Gasteiger partial charge on any atom is 0.416 e. The lowest BCUT2D eigenvalue weighted by Crippen LogP contribution is -2.43. The number of hydrogen-bond acceptors (Lipinski definition) is 2. The Hall–Kier alpha value is -2.35. The molecule has 0 atom stereocenters. The molecular formula is C22H22BrF3N2O2. The second kappa shape index (κ2) is 9.20. The van der Waals surface area contributed by atoms with Crippen molar-refractivity contribution in [3.8, 4) is 0 Å². The molecule has 1 aliphatic rings. The van der Waals surface area contributed by atoms with Gasteiger partial charge in [-0.15, -0.1) is 0 Å². The first kappa shape index (κ1) is 22.3. The zero-order valence-electron chi connectivity index (χ0n) is 16.5. The Morgan fingerprint density at radius 1 is 1.07 bits per heavy atom. The van der Waals surface area contributed by atoms with Crippen LogP contribution in [0.1, 0.15) is 34.3 Å². The zero-order valence-corrected chi connectivity index (χ0v) is 18.0. The first-order valence-corrected chi connectivity index (χ1v) is 10.4. The first-order valence-electron chi connectivity index (χ1n) is 9.61. The van der Waals surface area contributed by atoms with E-state index in [1.807, 2.05) is 24.3 Å². The number of alkyl halides is 3. The topological polar surface area (TPSA) is 40.6 Å². The average Bonchev–Trinajstić information content (AvgIpc) is 2.74. The number of amides is 2. The van der Waals surface area contributed by atoms with Crippen LogP contribution in [0.15, 0.2) is 53.0 Å². The third-order valence-corrected chi connectivity index (χ3v) is 6.11. The molecule has 3 rings (SSSR count). The highest BCUT2D eigenvalue weighted by Gasteiger charge is 2.32. The minimum atomic E-state index is -4.43. The number of halogens is 4. The van der Waals surface area contributed by atoms with Crippen LogP contribution in [0.3, 0.4) is 0 Å². The van der Waals surface area contributed by atoms with Crippen molar-refractivity contribution in [2.75, 3.05) is 20.1 Å². The summed E-state index contributed by atoms with van der Waals surface area (Å²) in [6.45, 7) is 1.29. The summed E-state index contributed by atoms with van der Waals surface area (Å²) in [6.07, 6.45) is -3.36. The van der Waals surface area contributed by atoms with E-state index >= 15 is 0 Å². The first-order chi connectivity index (χ1) is 14.2. The Morgan fingerprint density at radius 3 is 2.23 bits per heavy atom. The molecule has 0 unspecified atom stereocenters. The van der Waals surface area contributed by atoms with E-state index in [-0.39, 0.29) is 23.3 Å². The van der Waals surface area contributed by atoms with E-state index in [2.05, 4.69) is 15.9 Å². The molecule has 1 saturated heterocycles. The highest BCUT2D eigenvalue weighted by atomic mass is 79.9. The molecule has 2 amide bonds. The maximum absolute atomic E-state index is 12.8. The highest BCUT2D eigenvalue weighted by molar-refractivity contribution is 9.10. The Kier molecular flexibility index (Phi) is 6.85. The molecule has 0 radical (unpaired) electrons. The standard InChI is InChI=1S/C22H22BrF3N2O2/c1-27(14-17-4-2-3-5-19(17)23)20(29)16-10-12-28(13-11-16)21(30)15-6-8-18(9-7-15)22(24,25)26/h2-9,16H,10-14H2,1H3. The van der Waals surface area contributed by atoms with Crippen molar-refractivity contribution < 1.29 is 22.8 Å². The predicted octanol–water partition coefficient (Wildman–Crippen LogP) is 4.98. The number of piperidine rings is 1. The van der Waals surface area contributed by atoms with Crippen LogP contribution in [-0.2, 0) is 17.5 Å². The van der Waals surface area contributed by atoms with Gasteiger partial charge in [-0.1, -0.05) is 34.1 Å². The normalized spacial score (nSPS) is 15.2. The minimum absolute atomic E-state index is 0.0346. The Balaban J connectivity index is 1.55. The fourth-order valence-electron chi connectivity index (χ4n) is 3.59. The SMILES string of the molecule is CN(Cc1ccccc1Br)C(=O)C1CCN(C(=O)c2ccc(C(F)(F)F)cc2)CC1. The second-order valence-corrected chi connectivity index (χ2v) is 8.28. The van der Waals surface area contributed by atoms with E-state index < -0.39 is 11.7 Å². The lowest BCUT2D eigenvalue weighted by Gasteiger charge is -2.33. The zero-order chi connectivity index (χ0) is 21.9. The van der Waals surface area contributed by atoms with E-state index in [4.69, 9.17) is 0 Å². The van der Waals surface area contributed by atoms with Gasteiger partial charge in [-0.05, 0) is 48.7 Å². The van der Waals surface area contributed by atoms with Crippen LogP contribution in [-0.4, -0.2) is 41.8 Å². The van der Waals surface area contributed by atoms with Crippen molar-refractivity contribution in [3.05, 3.63) is 69.7 Å². The number of carbonyl (C=O) groups is 2. The molecule has 1 fully saturated rings. The van der Waals surface area contributed by atoms with Gasteiger partial charge >= 0.3 is 6.18 Å². The number of likely N-dealkylation sites (tertiary alicyclic amines) is 1. The molecule has 160 valence electrons. The van der Waals surface area contributed by atoms with Crippen LogP contribution in [0.4, 0.5) is 13.2 Å². The highest BCUT2D eigenvalue weighted by Crippen LogP contribution is 2.29. The van der Waals surface area contributed by atoms with Crippen LogP contribution in [0, 0.1) is 5.92 Å². The van der Waals surface area contributed by atoms with Crippen LogP contribution >= 0.6 is 15.9 Å². The number of rotatable bonds is 4. The molecule has 0 N–H and O–H groups in total. The monoisotopic (exact) mass is 482 g/mol. The fourth-order valence-corrected chi connectivity index (χ4v) is 4.00. The molecule has 0 bridgehead atoms. The molecule has 8 heteroatoms. The third-order valence-electron chi connectivity index (χ3n) is 5.33. The third kappa shape index (κ3) is 5.22. The van der Waals surface area contributed by atoms with Gasteiger partial charge in [0.2, 0.25) is 5.91 Å². The number of nitrogens with zero attached hydrogens (tertiary/aromatic N) is 2. The molecular weight excluding hydrogens is 461 g/mol. The number of benzene rings is 2. The molecule has 1 aliphatic heterocycles. The van der Waals surface area contributed by atoms with Crippen LogP contribution in [0.5, 0.6) is 0 Å². The van der Waals surface area contributed by atoms with Gasteiger partial charge in [0.15, 0.2) is 0 Å². The molecule has 2 aromatic carbocycles. The van der Waals surface area contributed by atoms with E-state index in [0.717, 1.165) is 22.2 Å². The van der Waals surface area contributed by atoms with Crippen molar-refractivity contribution in [1.82, 2.24) is 9.80 Å². The van der Waals surface area contributed by atoms with Crippen LogP contribution < -0.4 is 0 Å². The second-order valence-electron chi connectivity index (χ2n) is 7.43. The van der Waals surface area contributed by atoms with Gasteiger partial charge in [-0.3, -0.25) is 9.59 Å². The van der Waals surface area contributed by atoms with Gasteiger partial charge in [0, 0.05) is 42.6 Å². The van der Waals surface area contributed by atoms with Gasteiger partial charge in [-0.2, -0.15) is 13.2 Å². The molecule has 0 saturated carbocycles. The quantitative estimate of drug-likeness (QED) is 0.616. The van der Waals surface area contributed by atoms with Crippen LogP contribution in [0.2, 0.25) is 0 Å². The Morgan fingerprint density at radius 2 is 1.67 bits per heavy atom. The van der Waals surface area contributed by atoms with Crippen LogP contribution in [0.25, 0.3) is 0 Å². The van der Waals surface area contributed by atoms with Crippen molar-refractivity contribution >= 4 is 27.7 Å². The lowest BCUT2D eigenvalue weighted by atomic mass is 9.94. The van der Waals surface area contributed by atoms with Gasteiger partial charge < -0.3 is 9.80 Å². The molecule has 2 aromatic rings. The summed E-state index contributed by atoms with van der Waals surface area (Å²) < 4.78 is 39.0. The molecule has 0 aromatic heterocycles. The summed E-state index contributed by atoms with van der Waals surface area (Å²) in [4.78, 5) is 28.7. The van der Waals surface area contributed by atoms with Gasteiger partial charge in [0.25, 0.3) is 5.91 Å². The summed E-state index contributed by atoms with van der Waals surface area (Å²) in [5.74, 6) is -0.447. The summed E-state index contributed by atoms with van der Waals surface area (Å²) >= 11 is 3.49. The molecule has 0 aliphatic carbocycles. The van der Waals surface area contributed by atoms with E-state index in [1.54, 1.807) is 16.8 Å². The van der Waals surface area contributed by atoms with Gasteiger partial charge in [0.05, 0.1) is 5.56 Å². The summed E-state index contributed by atoms with van der Waals surface area (Å²) in [5, 5.41) is 0. The Bertz CT molecular complexity index is 907. The lowest BCUT2D eigenvalue weighted by molar-refractivity contribution is -0.137. The maximum atomic E-state index is 12.8. The van der Waals surface area contributed by atoms with Crippen molar-refractivity contribution in [2.45, 2.75) is 25.6 Å². The van der Waals surface area contributed by atoms with Crippen molar-refractivity contribution in [3.63, 3.8) is 0 Å². The summed E-state index contributed by atoms with van der Waals surface area (Å²) in [6, 6.07) is 12.0. The predicted molar refractivity (Wildman–Crippen MR) is 111 cm³/mol. The molecule has 0 spiro atoms. The average molecular weight is 483 g/mol. The minimum Gasteiger partial charge on any atom is -0.341 e. The van der Waals surface area contributed by atoms with Crippen molar-refractivity contribution in [2.24, 2.45) is 5.92 Å². The largest absolute Gasteiger partial charge is 0.416 e. The van der Waals surface area contributed by atoms with E-state index in [1.165, 1.54) is 12.1 Å². The van der Waals surface area contributed by atoms with Crippen molar-refractivity contribution in [1.29, 1.82) is 0 Å². The number of carbonyl (C=O) groups excluding carboxylic acids is 2. The van der Waals surface area contributed by atoms with E-state index in [9.17, 15) is 22.8 Å². The summed E-state index contributed by atoms with van der Waals surface area (Å²) in [5.41, 5.74) is 0.457. The molecule has 1 heterocycles. The fraction of sp³-hybridized carbons (Fsp3) is 0.364.